The summed E-state index contributed by atoms with van der Waals surface area (Å²) in [5.74, 6) is 0.261. The molecular weight excluding hydrogens is 202 g/mol. The lowest BCUT2D eigenvalue weighted by molar-refractivity contribution is -0.133. The number of hydrogen-bond acceptors (Lipinski definition) is 3. The molecule has 2 heterocycles. The fraction of sp³-hybridized carbons (Fsp3) is 0.500. The third kappa shape index (κ3) is 2.58. The predicted octanol–water partition coefficient (Wildman–Crippen LogP) is 1.05. The van der Waals surface area contributed by atoms with E-state index in [2.05, 4.69) is 4.98 Å². The van der Waals surface area contributed by atoms with E-state index in [-0.39, 0.29) is 5.91 Å². The van der Waals surface area contributed by atoms with Gasteiger partial charge in [-0.05, 0) is 30.5 Å². The number of nitrogens with two attached hydrogens (primary N) is 1. The van der Waals surface area contributed by atoms with Crippen LogP contribution in [0, 0.1) is 0 Å². The Labute approximate surface area is 95.5 Å². The summed E-state index contributed by atoms with van der Waals surface area (Å²) in [7, 11) is 0. The van der Waals surface area contributed by atoms with Crippen LogP contribution in [0.3, 0.4) is 0 Å². The highest BCUT2D eigenvalue weighted by molar-refractivity contribution is 5.76. The van der Waals surface area contributed by atoms with E-state index in [0.29, 0.717) is 19.5 Å². The van der Waals surface area contributed by atoms with Gasteiger partial charge in [-0.2, -0.15) is 0 Å². The smallest absolute Gasteiger partial charge is 0.222 e. The van der Waals surface area contributed by atoms with E-state index in [1.54, 1.807) is 6.20 Å². The summed E-state index contributed by atoms with van der Waals surface area (Å²) in [4.78, 5) is 17.7. The van der Waals surface area contributed by atoms with Crippen LogP contribution in [0.2, 0.25) is 0 Å². The van der Waals surface area contributed by atoms with Gasteiger partial charge in [0.05, 0.1) is 5.69 Å². The third-order valence-corrected chi connectivity index (χ3v) is 2.88. The Morgan fingerprint density at radius 2 is 2.31 bits per heavy atom. The fourth-order valence-corrected chi connectivity index (χ4v) is 1.99. The van der Waals surface area contributed by atoms with Crippen molar-refractivity contribution in [1.82, 2.24) is 9.88 Å². The molecule has 0 aliphatic carbocycles. The molecular formula is C12H17N3O. The van der Waals surface area contributed by atoms with E-state index in [9.17, 15) is 4.79 Å². The van der Waals surface area contributed by atoms with Gasteiger partial charge < -0.3 is 10.6 Å². The molecule has 0 spiro atoms. The maximum absolute atomic E-state index is 11.6. The van der Waals surface area contributed by atoms with Crippen molar-refractivity contribution in [3.8, 4) is 0 Å². The van der Waals surface area contributed by atoms with Crippen LogP contribution in [0.15, 0.2) is 18.3 Å². The molecule has 1 saturated heterocycles. The van der Waals surface area contributed by atoms with Gasteiger partial charge in [-0.15, -0.1) is 0 Å². The van der Waals surface area contributed by atoms with Crippen molar-refractivity contribution in [2.45, 2.75) is 32.4 Å². The maximum Gasteiger partial charge on any atom is 0.222 e. The monoisotopic (exact) mass is 219 g/mol. The number of likely N-dealkylation sites (tertiary alicyclic amines) is 1. The largest absolute Gasteiger partial charge is 0.338 e. The van der Waals surface area contributed by atoms with E-state index in [4.69, 9.17) is 5.73 Å². The number of nitrogens with zero attached hydrogens (tertiary/aromatic N) is 2. The van der Waals surface area contributed by atoms with Crippen LogP contribution >= 0.6 is 0 Å². The molecule has 1 aromatic rings. The number of amides is 1. The van der Waals surface area contributed by atoms with Crippen LogP contribution in [0.5, 0.6) is 0 Å². The van der Waals surface area contributed by atoms with Crippen LogP contribution in [0.1, 0.15) is 30.5 Å². The van der Waals surface area contributed by atoms with Crippen LogP contribution in [0.4, 0.5) is 0 Å². The van der Waals surface area contributed by atoms with Crippen LogP contribution in [-0.4, -0.2) is 22.3 Å². The van der Waals surface area contributed by atoms with Crippen molar-refractivity contribution in [1.29, 1.82) is 0 Å². The lowest BCUT2D eigenvalue weighted by Crippen LogP contribution is -2.34. The normalized spacial score (nSPS) is 16.6. The zero-order valence-electron chi connectivity index (χ0n) is 9.35. The Balaban J connectivity index is 2.04. The highest BCUT2D eigenvalue weighted by Crippen LogP contribution is 2.14. The summed E-state index contributed by atoms with van der Waals surface area (Å²) in [5, 5.41) is 0. The SMILES string of the molecule is NCc1cc(CN2CCCCC2=O)ccn1. The molecule has 2 rings (SSSR count). The molecule has 0 saturated carbocycles. The average molecular weight is 219 g/mol. The van der Waals surface area contributed by atoms with Gasteiger partial charge in [0, 0.05) is 32.3 Å². The number of carbonyl (C=O) groups is 1. The molecule has 0 unspecified atom stereocenters. The van der Waals surface area contributed by atoms with Crippen molar-refractivity contribution in [3.05, 3.63) is 29.6 Å². The van der Waals surface area contributed by atoms with Gasteiger partial charge in [-0.25, -0.2) is 0 Å². The second-order valence-electron chi connectivity index (χ2n) is 4.13. The first-order chi connectivity index (χ1) is 7.79. The molecule has 4 nitrogen and oxygen atoms in total. The lowest BCUT2D eigenvalue weighted by Gasteiger charge is -2.26. The number of pyridine rings is 1. The summed E-state index contributed by atoms with van der Waals surface area (Å²) >= 11 is 0. The van der Waals surface area contributed by atoms with Crippen molar-refractivity contribution >= 4 is 5.91 Å². The minimum atomic E-state index is 0.261. The second kappa shape index (κ2) is 5.07. The Kier molecular flexibility index (Phi) is 3.51. The lowest BCUT2D eigenvalue weighted by atomic mass is 10.1. The molecule has 0 atom stereocenters. The minimum absolute atomic E-state index is 0.261. The van der Waals surface area contributed by atoms with E-state index in [0.717, 1.165) is 30.6 Å². The van der Waals surface area contributed by atoms with Gasteiger partial charge in [-0.3, -0.25) is 9.78 Å². The second-order valence-corrected chi connectivity index (χ2v) is 4.13. The Morgan fingerprint density at radius 1 is 1.44 bits per heavy atom. The van der Waals surface area contributed by atoms with Crippen LogP contribution < -0.4 is 5.73 Å². The summed E-state index contributed by atoms with van der Waals surface area (Å²) in [6, 6.07) is 3.92. The third-order valence-electron chi connectivity index (χ3n) is 2.88. The number of aromatic nitrogens is 1. The molecule has 1 aliphatic heterocycles. The first-order valence-electron chi connectivity index (χ1n) is 5.71. The highest BCUT2D eigenvalue weighted by atomic mass is 16.2. The van der Waals surface area contributed by atoms with Gasteiger partial charge in [0.25, 0.3) is 0 Å². The average Bonchev–Trinajstić information content (AvgIpc) is 2.32. The van der Waals surface area contributed by atoms with Gasteiger partial charge in [0.2, 0.25) is 5.91 Å². The first kappa shape index (κ1) is 11.1. The Hall–Kier alpha value is -1.42. The summed E-state index contributed by atoms with van der Waals surface area (Å²) in [5.41, 5.74) is 7.53. The van der Waals surface area contributed by atoms with Crippen molar-refractivity contribution in [2.75, 3.05) is 6.54 Å². The Morgan fingerprint density at radius 3 is 3.06 bits per heavy atom. The van der Waals surface area contributed by atoms with Crippen molar-refractivity contribution in [3.63, 3.8) is 0 Å². The zero-order chi connectivity index (χ0) is 11.4. The van der Waals surface area contributed by atoms with Gasteiger partial charge in [0.15, 0.2) is 0 Å². The molecule has 0 bridgehead atoms. The number of rotatable bonds is 3. The van der Waals surface area contributed by atoms with Gasteiger partial charge >= 0.3 is 0 Å². The van der Waals surface area contributed by atoms with Crippen LogP contribution in [-0.2, 0) is 17.9 Å². The summed E-state index contributed by atoms with van der Waals surface area (Å²) in [6.45, 7) is 2.01. The van der Waals surface area contributed by atoms with Crippen molar-refractivity contribution < 1.29 is 4.79 Å². The quantitative estimate of drug-likeness (QED) is 0.826. The number of hydrogen-bond donors (Lipinski definition) is 1. The van der Waals surface area contributed by atoms with Crippen LogP contribution in [0.25, 0.3) is 0 Å². The Bertz CT molecular complexity index is 378. The molecule has 1 aliphatic rings. The van der Waals surface area contributed by atoms with E-state index >= 15 is 0 Å². The molecule has 4 heteroatoms. The molecule has 16 heavy (non-hydrogen) atoms. The van der Waals surface area contributed by atoms with E-state index < -0.39 is 0 Å². The maximum atomic E-state index is 11.6. The highest BCUT2D eigenvalue weighted by Gasteiger charge is 2.17. The van der Waals surface area contributed by atoms with E-state index in [1.807, 2.05) is 17.0 Å². The van der Waals surface area contributed by atoms with E-state index in [1.165, 1.54) is 0 Å². The molecule has 1 aromatic heterocycles. The summed E-state index contributed by atoms with van der Waals surface area (Å²) in [6.07, 6.45) is 4.58. The fourth-order valence-electron chi connectivity index (χ4n) is 1.99. The van der Waals surface area contributed by atoms with Gasteiger partial charge in [0.1, 0.15) is 0 Å². The minimum Gasteiger partial charge on any atom is -0.338 e. The van der Waals surface area contributed by atoms with Crippen molar-refractivity contribution in [2.24, 2.45) is 5.73 Å². The molecule has 1 fully saturated rings. The molecule has 2 N–H and O–H groups in total. The standard InChI is InChI=1S/C12H17N3O/c13-8-11-7-10(4-5-14-11)9-15-6-2-1-3-12(15)16/h4-5,7H,1-3,6,8-9,13H2. The molecule has 1 amide bonds. The topological polar surface area (TPSA) is 59.2 Å². The number of piperidine rings is 1. The molecule has 0 radical (unpaired) electrons. The number of carbonyl (C=O) groups excluding carboxylic acids is 1. The molecule has 86 valence electrons. The molecule has 0 aromatic carbocycles. The zero-order valence-corrected chi connectivity index (χ0v) is 9.35. The first-order valence-corrected chi connectivity index (χ1v) is 5.71. The predicted molar refractivity (Wildman–Crippen MR) is 61.4 cm³/mol. The summed E-state index contributed by atoms with van der Waals surface area (Å²) < 4.78 is 0. The van der Waals surface area contributed by atoms with Gasteiger partial charge in [-0.1, -0.05) is 0 Å².